The number of carboxylic acids is 1. The van der Waals surface area contributed by atoms with Crippen LogP contribution in [0, 0.1) is 5.92 Å². The van der Waals surface area contributed by atoms with Crippen LogP contribution in [0.4, 0.5) is 4.79 Å². The molecule has 1 saturated heterocycles. The molecule has 1 aliphatic rings. The van der Waals surface area contributed by atoms with Crippen molar-refractivity contribution >= 4 is 17.9 Å². The molecule has 0 aromatic rings. The Balaban J connectivity index is 2.34. The van der Waals surface area contributed by atoms with Gasteiger partial charge < -0.3 is 10.8 Å². The number of carbonyl (C=O) groups is 3. The lowest BCUT2D eigenvalue weighted by Crippen LogP contribution is -2.50. The summed E-state index contributed by atoms with van der Waals surface area (Å²) in [6, 6.07) is -1.24. The summed E-state index contributed by atoms with van der Waals surface area (Å²) < 4.78 is 0. The van der Waals surface area contributed by atoms with Crippen LogP contribution in [0.5, 0.6) is 0 Å². The fourth-order valence-electron chi connectivity index (χ4n) is 2.35. The molecular formula is C12H21N3O4. The molecule has 1 unspecified atom stereocenters. The number of carboxylic acid groups (broad SMARTS) is 1. The Labute approximate surface area is 112 Å². The average molecular weight is 271 g/mol. The number of nitrogens with two attached hydrogens (primary N) is 1. The molecule has 1 fully saturated rings. The van der Waals surface area contributed by atoms with Crippen molar-refractivity contribution in [2.24, 2.45) is 11.7 Å². The number of likely N-dealkylation sites (tertiary alicyclic amines) is 1. The van der Waals surface area contributed by atoms with Crippen molar-refractivity contribution in [3.8, 4) is 0 Å². The summed E-state index contributed by atoms with van der Waals surface area (Å²) in [5.41, 5.74) is 4.91. The summed E-state index contributed by atoms with van der Waals surface area (Å²) in [5, 5.41) is 10.7. The van der Waals surface area contributed by atoms with Gasteiger partial charge in [0.05, 0.1) is 6.04 Å². The van der Waals surface area contributed by atoms with E-state index in [1.54, 1.807) is 6.92 Å². The minimum Gasteiger partial charge on any atom is -0.481 e. The SMILES string of the molecule is CC(C(=O)NC(N)=O)N1CCC(CCC(=O)O)CC1. The lowest BCUT2D eigenvalue weighted by Gasteiger charge is -2.35. The van der Waals surface area contributed by atoms with Crippen molar-refractivity contribution in [1.29, 1.82) is 0 Å². The summed E-state index contributed by atoms with van der Waals surface area (Å²) in [6.07, 6.45) is 2.64. The fourth-order valence-corrected chi connectivity index (χ4v) is 2.35. The van der Waals surface area contributed by atoms with Crippen molar-refractivity contribution in [2.75, 3.05) is 13.1 Å². The molecule has 0 radical (unpaired) electrons. The predicted molar refractivity (Wildman–Crippen MR) is 68.4 cm³/mol. The number of hydrogen-bond acceptors (Lipinski definition) is 4. The first-order valence-electron chi connectivity index (χ1n) is 6.46. The van der Waals surface area contributed by atoms with Gasteiger partial charge in [-0.25, -0.2) is 4.79 Å². The quantitative estimate of drug-likeness (QED) is 0.658. The molecule has 0 aromatic carbocycles. The number of rotatable bonds is 5. The standard InChI is InChI=1S/C12H21N3O4/c1-8(11(18)14-12(13)19)15-6-4-9(5-7-15)2-3-10(16)17/h8-9H,2-7H2,1H3,(H,16,17)(H3,13,14,18,19). The number of nitrogens with one attached hydrogen (secondary N) is 1. The molecule has 1 heterocycles. The summed E-state index contributed by atoms with van der Waals surface area (Å²) in [6.45, 7) is 3.20. The smallest absolute Gasteiger partial charge is 0.318 e. The maximum Gasteiger partial charge on any atom is 0.318 e. The Kier molecular flexibility index (Phi) is 5.75. The van der Waals surface area contributed by atoms with Crippen molar-refractivity contribution in [1.82, 2.24) is 10.2 Å². The largest absolute Gasteiger partial charge is 0.481 e. The highest BCUT2D eigenvalue weighted by Gasteiger charge is 2.27. The molecule has 0 saturated carbocycles. The molecule has 0 aliphatic carbocycles. The van der Waals surface area contributed by atoms with Gasteiger partial charge in [0, 0.05) is 6.42 Å². The van der Waals surface area contributed by atoms with Crippen LogP contribution in [0.3, 0.4) is 0 Å². The fraction of sp³-hybridized carbons (Fsp3) is 0.750. The Bertz CT molecular complexity index is 351. The summed E-state index contributed by atoms with van der Waals surface area (Å²) >= 11 is 0. The van der Waals surface area contributed by atoms with E-state index in [2.05, 4.69) is 5.32 Å². The van der Waals surface area contributed by atoms with Crippen LogP contribution in [-0.2, 0) is 9.59 Å². The first-order valence-corrected chi connectivity index (χ1v) is 6.46. The maximum absolute atomic E-state index is 11.6. The first-order chi connectivity index (χ1) is 8.90. The minimum absolute atomic E-state index is 0.197. The molecule has 1 aliphatic heterocycles. The highest BCUT2D eigenvalue weighted by molar-refractivity contribution is 5.96. The van der Waals surface area contributed by atoms with Gasteiger partial charge in [-0.15, -0.1) is 0 Å². The second-order valence-corrected chi connectivity index (χ2v) is 4.94. The minimum atomic E-state index is -0.840. The molecule has 3 amide bonds. The zero-order chi connectivity index (χ0) is 14.4. The highest BCUT2D eigenvalue weighted by Crippen LogP contribution is 2.23. The highest BCUT2D eigenvalue weighted by atomic mass is 16.4. The number of nitrogens with zero attached hydrogens (tertiary/aromatic N) is 1. The van der Waals surface area contributed by atoms with E-state index < -0.39 is 23.9 Å². The van der Waals surface area contributed by atoms with E-state index in [1.807, 2.05) is 4.90 Å². The molecule has 7 heteroatoms. The van der Waals surface area contributed by atoms with Gasteiger partial charge in [0.1, 0.15) is 0 Å². The molecule has 7 nitrogen and oxygen atoms in total. The number of imide groups is 1. The van der Waals surface area contributed by atoms with E-state index in [0.717, 1.165) is 25.9 Å². The van der Waals surface area contributed by atoms with Gasteiger partial charge in [-0.1, -0.05) is 0 Å². The Morgan fingerprint density at radius 3 is 2.42 bits per heavy atom. The van der Waals surface area contributed by atoms with Crippen LogP contribution in [0.1, 0.15) is 32.6 Å². The topological polar surface area (TPSA) is 113 Å². The number of amides is 3. The molecule has 19 heavy (non-hydrogen) atoms. The van der Waals surface area contributed by atoms with Crippen molar-refractivity contribution in [3.63, 3.8) is 0 Å². The zero-order valence-corrected chi connectivity index (χ0v) is 11.1. The van der Waals surface area contributed by atoms with Gasteiger partial charge in [-0.2, -0.15) is 0 Å². The number of urea groups is 1. The van der Waals surface area contributed by atoms with E-state index in [-0.39, 0.29) is 6.42 Å². The zero-order valence-electron chi connectivity index (χ0n) is 11.1. The van der Waals surface area contributed by atoms with Crippen LogP contribution in [0.15, 0.2) is 0 Å². The number of carbonyl (C=O) groups excluding carboxylic acids is 2. The molecule has 0 aromatic heterocycles. The van der Waals surface area contributed by atoms with Gasteiger partial charge in [-0.3, -0.25) is 19.8 Å². The number of piperidine rings is 1. The van der Waals surface area contributed by atoms with Crippen molar-refractivity contribution in [3.05, 3.63) is 0 Å². The third-order valence-corrected chi connectivity index (χ3v) is 3.59. The van der Waals surface area contributed by atoms with E-state index in [4.69, 9.17) is 10.8 Å². The molecule has 108 valence electrons. The second kappa shape index (κ2) is 7.08. The Morgan fingerprint density at radius 2 is 1.95 bits per heavy atom. The number of primary amides is 1. The van der Waals surface area contributed by atoms with Gasteiger partial charge in [-0.05, 0) is 45.2 Å². The van der Waals surface area contributed by atoms with Gasteiger partial charge in [0.25, 0.3) is 0 Å². The molecule has 0 spiro atoms. The van der Waals surface area contributed by atoms with Gasteiger partial charge in [0.15, 0.2) is 0 Å². The lowest BCUT2D eigenvalue weighted by atomic mass is 9.91. The molecular weight excluding hydrogens is 250 g/mol. The lowest BCUT2D eigenvalue weighted by molar-refractivity contribution is -0.137. The summed E-state index contributed by atoms with van der Waals surface area (Å²) in [7, 11) is 0. The van der Waals surface area contributed by atoms with Crippen molar-refractivity contribution in [2.45, 2.75) is 38.6 Å². The van der Waals surface area contributed by atoms with Gasteiger partial charge >= 0.3 is 12.0 Å². The molecule has 1 rings (SSSR count). The summed E-state index contributed by atoms with van der Waals surface area (Å²) in [4.78, 5) is 34.7. The van der Waals surface area contributed by atoms with Crippen LogP contribution >= 0.6 is 0 Å². The summed E-state index contributed by atoms with van der Waals surface area (Å²) in [5.74, 6) is -0.758. The van der Waals surface area contributed by atoms with E-state index in [1.165, 1.54) is 0 Å². The maximum atomic E-state index is 11.6. The van der Waals surface area contributed by atoms with Crippen LogP contribution < -0.4 is 11.1 Å². The third kappa shape index (κ3) is 5.25. The van der Waals surface area contributed by atoms with E-state index in [9.17, 15) is 14.4 Å². The molecule has 0 bridgehead atoms. The van der Waals surface area contributed by atoms with Crippen LogP contribution in [0.2, 0.25) is 0 Å². The number of hydrogen-bond donors (Lipinski definition) is 3. The average Bonchev–Trinajstić information content (AvgIpc) is 2.35. The predicted octanol–water partition coefficient (Wildman–Crippen LogP) is 0.147. The number of aliphatic carboxylic acids is 1. The second-order valence-electron chi connectivity index (χ2n) is 4.94. The van der Waals surface area contributed by atoms with E-state index in [0.29, 0.717) is 12.3 Å². The van der Waals surface area contributed by atoms with E-state index >= 15 is 0 Å². The van der Waals surface area contributed by atoms with Crippen LogP contribution in [0.25, 0.3) is 0 Å². The Hall–Kier alpha value is -1.63. The Morgan fingerprint density at radius 1 is 1.37 bits per heavy atom. The van der Waals surface area contributed by atoms with Crippen molar-refractivity contribution < 1.29 is 19.5 Å². The third-order valence-electron chi connectivity index (χ3n) is 3.59. The molecule has 4 N–H and O–H groups in total. The monoisotopic (exact) mass is 271 g/mol. The first kappa shape index (κ1) is 15.4. The normalized spacial score (nSPS) is 18.8. The van der Waals surface area contributed by atoms with Crippen LogP contribution in [-0.4, -0.2) is 47.0 Å². The molecule has 1 atom stereocenters. The van der Waals surface area contributed by atoms with Gasteiger partial charge in [0.2, 0.25) is 5.91 Å².